The first kappa shape index (κ1) is 14.0. The van der Waals surface area contributed by atoms with Crippen LogP contribution in [0.15, 0.2) is 35.1 Å². The number of nitrogens with zero attached hydrogens (tertiary/aromatic N) is 1. The number of alkyl halides is 1. The Balaban J connectivity index is 0.000000722. The lowest BCUT2D eigenvalue weighted by Crippen LogP contribution is -2.24. The average Bonchev–Trinajstić information content (AvgIpc) is 2.48. The second-order valence-electron chi connectivity index (χ2n) is 3.76. The van der Waals surface area contributed by atoms with Gasteiger partial charge in [0.2, 0.25) is 0 Å². The van der Waals surface area contributed by atoms with Gasteiger partial charge >= 0.3 is 0 Å². The summed E-state index contributed by atoms with van der Waals surface area (Å²) in [7, 11) is 0. The number of pyridine rings is 1. The molecule has 1 atom stereocenters. The molecular weight excluding hydrogens is 268 g/mol. The predicted octanol–water partition coefficient (Wildman–Crippen LogP) is 1.97. The molecular formula is C11H10Cl2FNO2. The smallest absolute Gasteiger partial charge is 0.253 e. The standard InChI is InChI=1S/C11H8FNO2.2ClH/c12-11(15)6-13-9(14)5-4-7-2-1-3-8(11)10(7)13;;/h1-5,15H,6H2;2*1H. The number of hydrogen-bond donors (Lipinski definition) is 1. The molecule has 3 rings (SSSR count). The van der Waals surface area contributed by atoms with E-state index in [1.807, 2.05) is 0 Å². The summed E-state index contributed by atoms with van der Waals surface area (Å²) in [5.74, 6) is -2.42. The fraction of sp³-hybridized carbons (Fsp3) is 0.182. The molecule has 17 heavy (non-hydrogen) atoms. The largest absolute Gasteiger partial charge is 0.357 e. The van der Waals surface area contributed by atoms with Crippen LogP contribution in [0.1, 0.15) is 5.56 Å². The summed E-state index contributed by atoms with van der Waals surface area (Å²) in [6, 6.07) is 7.98. The second-order valence-corrected chi connectivity index (χ2v) is 3.76. The van der Waals surface area contributed by atoms with Gasteiger partial charge < -0.3 is 9.67 Å². The van der Waals surface area contributed by atoms with E-state index >= 15 is 0 Å². The van der Waals surface area contributed by atoms with Crippen LogP contribution in [0, 0.1) is 0 Å². The minimum atomic E-state index is -2.42. The third-order valence-electron chi connectivity index (χ3n) is 2.79. The lowest BCUT2D eigenvalue weighted by Gasteiger charge is -2.10. The van der Waals surface area contributed by atoms with E-state index in [1.54, 1.807) is 18.2 Å². The lowest BCUT2D eigenvalue weighted by atomic mass is 10.1. The highest BCUT2D eigenvalue weighted by Crippen LogP contribution is 2.36. The van der Waals surface area contributed by atoms with E-state index in [0.717, 1.165) is 5.39 Å². The Morgan fingerprint density at radius 1 is 1.24 bits per heavy atom. The Bertz CT molecular complexity index is 624. The van der Waals surface area contributed by atoms with E-state index in [0.29, 0.717) is 5.52 Å². The van der Waals surface area contributed by atoms with Crippen molar-refractivity contribution < 1.29 is 9.50 Å². The molecule has 0 spiro atoms. The fourth-order valence-electron chi connectivity index (χ4n) is 2.12. The zero-order chi connectivity index (χ0) is 10.6. The van der Waals surface area contributed by atoms with Gasteiger partial charge in [-0.2, -0.15) is 0 Å². The zero-order valence-electron chi connectivity index (χ0n) is 8.59. The highest BCUT2D eigenvalue weighted by molar-refractivity contribution is 5.86. The molecule has 92 valence electrons. The van der Waals surface area contributed by atoms with Crippen molar-refractivity contribution in [2.24, 2.45) is 0 Å². The van der Waals surface area contributed by atoms with Gasteiger partial charge in [-0.3, -0.25) is 4.79 Å². The minimum Gasteiger partial charge on any atom is -0.357 e. The normalized spacial score (nSPS) is 20.8. The molecule has 0 bridgehead atoms. The lowest BCUT2D eigenvalue weighted by molar-refractivity contribution is -0.0998. The molecule has 0 fully saturated rings. The van der Waals surface area contributed by atoms with Crippen molar-refractivity contribution in [1.29, 1.82) is 0 Å². The number of halogens is 3. The van der Waals surface area contributed by atoms with Crippen molar-refractivity contribution in [2.45, 2.75) is 12.4 Å². The highest BCUT2D eigenvalue weighted by Gasteiger charge is 2.38. The maximum absolute atomic E-state index is 13.8. The summed E-state index contributed by atoms with van der Waals surface area (Å²) in [6.07, 6.45) is 0. The number of aromatic nitrogens is 1. The molecule has 0 saturated carbocycles. The third kappa shape index (κ3) is 1.82. The van der Waals surface area contributed by atoms with E-state index in [4.69, 9.17) is 0 Å². The molecule has 0 radical (unpaired) electrons. The third-order valence-corrected chi connectivity index (χ3v) is 2.79. The Kier molecular flexibility index (Phi) is 3.52. The number of benzene rings is 1. The van der Waals surface area contributed by atoms with Gasteiger partial charge in [0.1, 0.15) is 0 Å². The molecule has 1 N–H and O–H groups in total. The van der Waals surface area contributed by atoms with Gasteiger partial charge in [0.25, 0.3) is 11.4 Å². The maximum Gasteiger partial charge on any atom is 0.253 e. The second kappa shape index (κ2) is 4.29. The summed E-state index contributed by atoms with van der Waals surface area (Å²) < 4.78 is 15.0. The van der Waals surface area contributed by atoms with Crippen molar-refractivity contribution in [3.8, 4) is 0 Å². The van der Waals surface area contributed by atoms with Crippen LogP contribution in [0.25, 0.3) is 10.9 Å². The molecule has 1 aromatic carbocycles. The summed E-state index contributed by atoms with van der Waals surface area (Å²) in [5, 5.41) is 10.3. The number of aliphatic hydroxyl groups is 1. The first-order chi connectivity index (χ1) is 7.09. The van der Waals surface area contributed by atoms with E-state index in [-0.39, 0.29) is 42.5 Å². The summed E-state index contributed by atoms with van der Waals surface area (Å²) in [5.41, 5.74) is 0.385. The Morgan fingerprint density at radius 3 is 2.65 bits per heavy atom. The number of para-hydroxylation sites is 1. The van der Waals surface area contributed by atoms with Crippen molar-refractivity contribution in [1.82, 2.24) is 4.57 Å². The van der Waals surface area contributed by atoms with Gasteiger partial charge in [-0.05, 0) is 11.5 Å². The van der Waals surface area contributed by atoms with Crippen LogP contribution in [-0.2, 0) is 12.4 Å². The van der Waals surface area contributed by atoms with Gasteiger partial charge in [0.05, 0.1) is 12.1 Å². The molecule has 1 aliphatic heterocycles. The number of rotatable bonds is 0. The molecule has 1 unspecified atom stereocenters. The molecule has 2 heterocycles. The van der Waals surface area contributed by atoms with Gasteiger partial charge in [-0.15, -0.1) is 24.8 Å². The van der Waals surface area contributed by atoms with Crippen LogP contribution in [-0.4, -0.2) is 9.67 Å². The summed E-state index contributed by atoms with van der Waals surface area (Å²) in [6.45, 7) is -0.317. The molecule has 2 aromatic rings. The SMILES string of the molecule is Cl.Cl.O=c1ccc2cccc3c2n1CC3(O)F. The van der Waals surface area contributed by atoms with Crippen molar-refractivity contribution >= 4 is 35.7 Å². The summed E-state index contributed by atoms with van der Waals surface area (Å²) >= 11 is 0. The first-order valence-electron chi connectivity index (χ1n) is 4.64. The van der Waals surface area contributed by atoms with E-state index in [1.165, 1.54) is 16.7 Å². The molecule has 6 heteroatoms. The van der Waals surface area contributed by atoms with Crippen molar-refractivity contribution in [3.63, 3.8) is 0 Å². The molecule has 3 nitrogen and oxygen atoms in total. The van der Waals surface area contributed by atoms with Crippen LogP contribution >= 0.6 is 24.8 Å². The fourth-order valence-corrected chi connectivity index (χ4v) is 2.12. The minimum absolute atomic E-state index is 0. The topological polar surface area (TPSA) is 42.2 Å². The zero-order valence-corrected chi connectivity index (χ0v) is 10.2. The molecule has 0 aliphatic carbocycles. The van der Waals surface area contributed by atoms with Crippen molar-refractivity contribution in [2.75, 3.05) is 0 Å². The van der Waals surface area contributed by atoms with Gasteiger partial charge in [-0.1, -0.05) is 18.2 Å². The van der Waals surface area contributed by atoms with Gasteiger partial charge in [-0.25, -0.2) is 4.39 Å². The van der Waals surface area contributed by atoms with Gasteiger partial charge in [0.15, 0.2) is 0 Å². The number of hydrogen-bond acceptors (Lipinski definition) is 2. The Hall–Kier alpha value is -1.10. The quantitative estimate of drug-likeness (QED) is 0.800. The molecule has 1 aromatic heterocycles. The summed E-state index contributed by atoms with van der Waals surface area (Å²) in [4.78, 5) is 11.5. The molecule has 0 amide bonds. The maximum atomic E-state index is 13.8. The monoisotopic (exact) mass is 277 g/mol. The molecule has 1 aliphatic rings. The van der Waals surface area contributed by atoms with Crippen LogP contribution in [0.2, 0.25) is 0 Å². The van der Waals surface area contributed by atoms with E-state index in [9.17, 15) is 14.3 Å². The molecule has 0 saturated heterocycles. The Labute approximate surface area is 109 Å². The Morgan fingerprint density at radius 2 is 1.94 bits per heavy atom. The van der Waals surface area contributed by atoms with Gasteiger partial charge in [0, 0.05) is 11.6 Å². The van der Waals surface area contributed by atoms with Crippen LogP contribution in [0.4, 0.5) is 4.39 Å². The van der Waals surface area contributed by atoms with Crippen LogP contribution in [0.5, 0.6) is 0 Å². The van der Waals surface area contributed by atoms with Crippen molar-refractivity contribution in [3.05, 3.63) is 46.2 Å². The van der Waals surface area contributed by atoms with E-state index < -0.39 is 5.85 Å². The van der Waals surface area contributed by atoms with E-state index in [2.05, 4.69) is 0 Å². The van der Waals surface area contributed by atoms with Crippen LogP contribution in [0.3, 0.4) is 0 Å². The van der Waals surface area contributed by atoms with Crippen LogP contribution < -0.4 is 5.56 Å². The highest BCUT2D eigenvalue weighted by atomic mass is 35.5. The predicted molar refractivity (Wildman–Crippen MR) is 67.7 cm³/mol. The first-order valence-corrected chi connectivity index (χ1v) is 4.64. The average molecular weight is 278 g/mol.